The fourth-order valence-electron chi connectivity index (χ4n) is 1.38. The Bertz CT molecular complexity index is 538. The van der Waals surface area contributed by atoms with Gasteiger partial charge in [0.2, 0.25) is 0 Å². The number of imidazole rings is 1. The molecule has 2 aromatic rings. The number of aromatic nitrogens is 2. The molecule has 2 heterocycles. The first-order chi connectivity index (χ1) is 7.09. The summed E-state index contributed by atoms with van der Waals surface area (Å²) in [6.45, 7) is 0. The summed E-state index contributed by atoms with van der Waals surface area (Å²) in [6.07, 6.45) is -0.156. The summed E-state index contributed by atoms with van der Waals surface area (Å²) in [4.78, 5) is 14.7. The highest BCUT2D eigenvalue weighted by Gasteiger charge is 2.13. The fraction of sp³-hybridized carbons (Fsp3) is 0.111. The highest BCUT2D eigenvalue weighted by Crippen LogP contribution is 2.23. The molecule has 0 aliphatic rings. The Morgan fingerprint density at radius 2 is 2.33 bits per heavy atom. The van der Waals surface area contributed by atoms with Crippen LogP contribution < -0.4 is 0 Å². The van der Waals surface area contributed by atoms with Crippen molar-refractivity contribution in [2.24, 2.45) is 0 Å². The average Bonchev–Trinajstić information content (AvgIpc) is 2.44. The maximum atomic E-state index is 10.6. The first kappa shape index (κ1) is 10.4. The monoisotopic (exact) mass is 288 g/mol. The predicted molar refractivity (Wildman–Crippen MR) is 59.2 cm³/mol. The minimum Gasteiger partial charge on any atom is -0.481 e. The molecule has 0 aliphatic carbocycles. The predicted octanol–water partition coefficient (Wildman–Crippen LogP) is 2.38. The molecule has 0 radical (unpaired) electrons. The third kappa shape index (κ3) is 1.85. The number of pyridine rings is 1. The summed E-state index contributed by atoms with van der Waals surface area (Å²) in [7, 11) is 0. The molecule has 0 atom stereocenters. The van der Waals surface area contributed by atoms with Crippen LogP contribution in [0.5, 0.6) is 0 Å². The lowest BCUT2D eigenvalue weighted by Crippen LogP contribution is -2.05. The highest BCUT2D eigenvalue weighted by atomic mass is 79.9. The van der Waals surface area contributed by atoms with Crippen molar-refractivity contribution in [2.75, 3.05) is 0 Å². The second-order valence-electron chi connectivity index (χ2n) is 2.96. The molecule has 0 fully saturated rings. The van der Waals surface area contributed by atoms with Gasteiger partial charge in [-0.1, -0.05) is 17.7 Å². The van der Waals surface area contributed by atoms with Crippen LogP contribution in [0.15, 0.2) is 22.8 Å². The standard InChI is InChI=1S/C9H6BrClN2O2/c10-9-5-2-1-3-6(11)13(5)7(12-9)4-8(14)15/h1-3H,4H2,(H,14,15). The van der Waals surface area contributed by atoms with Gasteiger partial charge in [-0.2, -0.15) is 0 Å². The van der Waals surface area contributed by atoms with Gasteiger partial charge >= 0.3 is 5.97 Å². The molecule has 2 aromatic heterocycles. The maximum Gasteiger partial charge on any atom is 0.311 e. The number of hydrogen-bond donors (Lipinski definition) is 1. The van der Waals surface area contributed by atoms with Crippen molar-refractivity contribution in [3.05, 3.63) is 33.8 Å². The lowest BCUT2D eigenvalue weighted by Gasteiger charge is -2.00. The number of nitrogens with zero attached hydrogens (tertiary/aromatic N) is 2. The molecule has 0 saturated heterocycles. The number of rotatable bonds is 2. The minimum atomic E-state index is -0.936. The van der Waals surface area contributed by atoms with Crippen molar-refractivity contribution in [1.29, 1.82) is 0 Å². The molecule has 2 rings (SSSR count). The number of fused-ring (bicyclic) bond motifs is 1. The molecule has 15 heavy (non-hydrogen) atoms. The van der Waals surface area contributed by atoms with Gasteiger partial charge in [-0.15, -0.1) is 0 Å². The second kappa shape index (κ2) is 3.83. The smallest absolute Gasteiger partial charge is 0.311 e. The van der Waals surface area contributed by atoms with Gasteiger partial charge in [0.15, 0.2) is 0 Å². The van der Waals surface area contributed by atoms with Crippen LogP contribution in [0.4, 0.5) is 0 Å². The number of aliphatic carboxylic acids is 1. The van der Waals surface area contributed by atoms with Crippen LogP contribution in [-0.4, -0.2) is 20.5 Å². The lowest BCUT2D eigenvalue weighted by molar-refractivity contribution is -0.136. The molecule has 0 aromatic carbocycles. The Labute approximate surface area is 98.6 Å². The molecule has 1 N–H and O–H groups in total. The Kier molecular flexibility index (Phi) is 2.67. The Morgan fingerprint density at radius 1 is 1.60 bits per heavy atom. The fourth-order valence-corrected chi connectivity index (χ4v) is 2.16. The summed E-state index contributed by atoms with van der Waals surface area (Å²) in [6, 6.07) is 5.29. The van der Waals surface area contributed by atoms with Crippen molar-refractivity contribution >= 4 is 39.0 Å². The first-order valence-corrected chi connectivity index (χ1v) is 5.30. The van der Waals surface area contributed by atoms with Crippen molar-refractivity contribution in [2.45, 2.75) is 6.42 Å². The van der Waals surface area contributed by atoms with Crippen LogP contribution in [0.2, 0.25) is 5.15 Å². The van der Waals surface area contributed by atoms with E-state index < -0.39 is 5.97 Å². The van der Waals surface area contributed by atoms with Gasteiger partial charge in [0.1, 0.15) is 22.0 Å². The first-order valence-electron chi connectivity index (χ1n) is 4.12. The van der Waals surface area contributed by atoms with E-state index in [9.17, 15) is 4.79 Å². The summed E-state index contributed by atoms with van der Waals surface area (Å²) < 4.78 is 2.21. The normalized spacial score (nSPS) is 10.8. The van der Waals surface area contributed by atoms with E-state index in [0.717, 1.165) is 5.52 Å². The third-order valence-corrected chi connectivity index (χ3v) is 2.83. The van der Waals surface area contributed by atoms with Gasteiger partial charge < -0.3 is 5.11 Å². The molecule has 6 heteroatoms. The van der Waals surface area contributed by atoms with E-state index in [-0.39, 0.29) is 6.42 Å². The van der Waals surface area contributed by atoms with Gasteiger partial charge in [-0.3, -0.25) is 9.20 Å². The van der Waals surface area contributed by atoms with E-state index in [2.05, 4.69) is 20.9 Å². The molecule has 0 bridgehead atoms. The van der Waals surface area contributed by atoms with Crippen molar-refractivity contribution < 1.29 is 9.90 Å². The maximum absolute atomic E-state index is 10.6. The Morgan fingerprint density at radius 3 is 3.00 bits per heavy atom. The van der Waals surface area contributed by atoms with Crippen LogP contribution in [0.25, 0.3) is 5.52 Å². The van der Waals surface area contributed by atoms with Crippen LogP contribution in [-0.2, 0) is 11.2 Å². The van der Waals surface area contributed by atoms with Crippen LogP contribution in [0.1, 0.15) is 5.82 Å². The quantitative estimate of drug-likeness (QED) is 0.864. The lowest BCUT2D eigenvalue weighted by atomic mass is 10.4. The highest BCUT2D eigenvalue weighted by molar-refractivity contribution is 9.10. The zero-order chi connectivity index (χ0) is 11.0. The van der Waals surface area contributed by atoms with Gasteiger partial charge in [0.05, 0.1) is 5.52 Å². The minimum absolute atomic E-state index is 0.156. The average molecular weight is 290 g/mol. The summed E-state index contributed by atoms with van der Waals surface area (Å²) >= 11 is 9.23. The van der Waals surface area contributed by atoms with Gasteiger partial charge in [-0.25, -0.2) is 4.98 Å². The molecule has 0 amide bonds. The third-order valence-electron chi connectivity index (χ3n) is 1.95. The van der Waals surface area contributed by atoms with E-state index in [1.807, 2.05) is 6.07 Å². The van der Waals surface area contributed by atoms with Crippen molar-refractivity contribution in [3.8, 4) is 0 Å². The molecule has 0 saturated carbocycles. The van der Waals surface area contributed by atoms with Gasteiger partial charge in [-0.05, 0) is 28.1 Å². The van der Waals surface area contributed by atoms with Crippen LogP contribution in [0.3, 0.4) is 0 Å². The summed E-state index contributed by atoms with van der Waals surface area (Å²) in [5.74, 6) is -0.524. The number of hydrogen-bond acceptors (Lipinski definition) is 2. The number of carbonyl (C=O) groups is 1. The molecule has 4 nitrogen and oxygen atoms in total. The molecular weight excluding hydrogens is 283 g/mol. The summed E-state index contributed by atoms with van der Waals surface area (Å²) in [5.41, 5.74) is 0.763. The van der Waals surface area contributed by atoms with E-state index >= 15 is 0 Å². The second-order valence-corrected chi connectivity index (χ2v) is 4.10. The van der Waals surface area contributed by atoms with Gasteiger partial charge in [0, 0.05) is 0 Å². The van der Waals surface area contributed by atoms with E-state index in [4.69, 9.17) is 16.7 Å². The molecule has 0 unspecified atom stereocenters. The van der Waals surface area contributed by atoms with E-state index in [1.54, 1.807) is 16.5 Å². The van der Waals surface area contributed by atoms with E-state index in [1.165, 1.54) is 0 Å². The number of halogens is 2. The van der Waals surface area contributed by atoms with Crippen molar-refractivity contribution in [1.82, 2.24) is 9.38 Å². The molecule has 78 valence electrons. The van der Waals surface area contributed by atoms with Crippen LogP contribution in [0, 0.1) is 0 Å². The molecule has 0 spiro atoms. The largest absolute Gasteiger partial charge is 0.481 e. The van der Waals surface area contributed by atoms with Crippen molar-refractivity contribution in [3.63, 3.8) is 0 Å². The zero-order valence-corrected chi connectivity index (χ0v) is 9.79. The molecule has 0 aliphatic heterocycles. The summed E-state index contributed by atoms with van der Waals surface area (Å²) in [5, 5.41) is 9.16. The Hall–Kier alpha value is -1.07. The zero-order valence-electron chi connectivity index (χ0n) is 7.44. The number of carboxylic acid groups (broad SMARTS) is 1. The SMILES string of the molecule is O=C(O)Cc1nc(Br)c2cccc(Cl)n12. The van der Waals surface area contributed by atoms with Crippen LogP contribution >= 0.6 is 27.5 Å². The van der Waals surface area contributed by atoms with Gasteiger partial charge in [0.25, 0.3) is 0 Å². The Balaban J connectivity index is 2.70. The van der Waals surface area contributed by atoms with E-state index in [0.29, 0.717) is 15.6 Å². The topological polar surface area (TPSA) is 54.6 Å². The molecular formula is C9H6BrClN2O2. The number of carboxylic acids is 1.